The van der Waals surface area contributed by atoms with Crippen LogP contribution >= 0.6 is 11.6 Å². The van der Waals surface area contributed by atoms with Gasteiger partial charge in [-0.05, 0) is 24.5 Å². The third kappa shape index (κ3) is 4.37. The summed E-state index contributed by atoms with van der Waals surface area (Å²) >= 11 is 5.69. The van der Waals surface area contributed by atoms with E-state index in [0.717, 1.165) is 6.42 Å². The first kappa shape index (κ1) is 16.3. The van der Waals surface area contributed by atoms with Crippen molar-refractivity contribution in [2.75, 3.05) is 31.8 Å². The van der Waals surface area contributed by atoms with Crippen LogP contribution in [0.2, 0.25) is 0 Å². The highest BCUT2D eigenvalue weighted by molar-refractivity contribution is 7.89. The van der Waals surface area contributed by atoms with Crippen molar-refractivity contribution in [3.63, 3.8) is 0 Å². The van der Waals surface area contributed by atoms with Gasteiger partial charge >= 0.3 is 0 Å². The van der Waals surface area contributed by atoms with Crippen molar-refractivity contribution >= 4 is 27.3 Å². The lowest BCUT2D eigenvalue weighted by Gasteiger charge is -2.18. The topological polar surface area (TPSA) is 49.4 Å². The monoisotopic (exact) mass is 304 g/mol. The van der Waals surface area contributed by atoms with E-state index >= 15 is 0 Å². The van der Waals surface area contributed by atoms with Crippen LogP contribution < -0.4 is 5.32 Å². The zero-order valence-corrected chi connectivity index (χ0v) is 13.1. The molecule has 1 unspecified atom stereocenters. The van der Waals surface area contributed by atoms with E-state index < -0.39 is 10.0 Å². The Hall–Kier alpha value is -0.780. The molecule has 0 aromatic heterocycles. The van der Waals surface area contributed by atoms with Crippen LogP contribution in [0.3, 0.4) is 0 Å². The maximum Gasteiger partial charge on any atom is 0.244 e. The highest BCUT2D eigenvalue weighted by Gasteiger charge is 2.20. The van der Waals surface area contributed by atoms with Crippen LogP contribution in [0.5, 0.6) is 0 Å². The molecule has 1 rings (SSSR count). The normalized spacial score (nSPS) is 13.5. The van der Waals surface area contributed by atoms with Crippen LogP contribution in [0.25, 0.3) is 0 Å². The van der Waals surface area contributed by atoms with E-state index in [0.29, 0.717) is 28.9 Å². The number of sulfonamides is 1. The smallest absolute Gasteiger partial charge is 0.244 e. The molecule has 6 heteroatoms. The van der Waals surface area contributed by atoms with Crippen molar-refractivity contribution in [2.45, 2.75) is 18.2 Å². The van der Waals surface area contributed by atoms with Gasteiger partial charge in [-0.3, -0.25) is 0 Å². The summed E-state index contributed by atoms with van der Waals surface area (Å²) in [6, 6.07) is 6.95. The van der Waals surface area contributed by atoms with Crippen LogP contribution in [0, 0.1) is 5.92 Å². The fraction of sp³-hybridized carbons (Fsp3) is 0.538. The largest absolute Gasteiger partial charge is 0.384 e. The van der Waals surface area contributed by atoms with Crippen molar-refractivity contribution in [2.24, 2.45) is 5.92 Å². The molecule has 19 heavy (non-hydrogen) atoms. The van der Waals surface area contributed by atoms with Crippen molar-refractivity contribution in [1.82, 2.24) is 4.31 Å². The zero-order valence-electron chi connectivity index (χ0n) is 11.6. The molecule has 0 aliphatic rings. The summed E-state index contributed by atoms with van der Waals surface area (Å²) in [5, 5.41) is 3.19. The lowest BCUT2D eigenvalue weighted by atomic mass is 10.1. The molecule has 0 bridgehead atoms. The lowest BCUT2D eigenvalue weighted by Crippen LogP contribution is -2.24. The quantitative estimate of drug-likeness (QED) is 0.788. The third-order valence-corrected chi connectivity index (χ3v) is 4.98. The molecule has 0 fully saturated rings. The first-order valence-corrected chi connectivity index (χ1v) is 8.18. The predicted molar refractivity (Wildman–Crippen MR) is 80.3 cm³/mol. The number of nitrogens with one attached hydrogen (secondary N) is 1. The molecule has 0 saturated carbocycles. The number of hydrogen-bond acceptors (Lipinski definition) is 3. The molecular weight excluding hydrogens is 284 g/mol. The molecule has 1 aromatic carbocycles. The summed E-state index contributed by atoms with van der Waals surface area (Å²) in [4.78, 5) is 0.304. The van der Waals surface area contributed by atoms with Gasteiger partial charge in [-0.25, -0.2) is 12.7 Å². The van der Waals surface area contributed by atoms with Crippen LogP contribution in [0.15, 0.2) is 29.2 Å². The molecule has 108 valence electrons. The predicted octanol–water partition coefficient (Wildman–Crippen LogP) is 2.61. The van der Waals surface area contributed by atoms with E-state index in [4.69, 9.17) is 11.6 Å². The fourth-order valence-electron chi connectivity index (χ4n) is 1.61. The number of halogens is 1. The second kappa shape index (κ2) is 7.12. The first-order chi connectivity index (χ1) is 8.89. The minimum absolute atomic E-state index is 0.304. The van der Waals surface area contributed by atoms with Crippen molar-refractivity contribution < 1.29 is 8.42 Å². The molecule has 1 N–H and O–H groups in total. The van der Waals surface area contributed by atoms with Crippen molar-refractivity contribution in [3.05, 3.63) is 24.3 Å². The Morgan fingerprint density at radius 3 is 2.53 bits per heavy atom. The Kier molecular flexibility index (Phi) is 6.10. The van der Waals surface area contributed by atoms with Crippen LogP contribution in [-0.2, 0) is 10.0 Å². The molecule has 1 aromatic rings. The average Bonchev–Trinajstić information content (AvgIpc) is 2.37. The SMILES string of the molecule is CC(CCCl)CNc1ccccc1S(=O)(=O)N(C)C. The van der Waals surface area contributed by atoms with E-state index in [2.05, 4.69) is 12.2 Å². The van der Waals surface area contributed by atoms with Gasteiger partial charge in [-0.2, -0.15) is 0 Å². The van der Waals surface area contributed by atoms with Crippen molar-refractivity contribution in [1.29, 1.82) is 0 Å². The van der Waals surface area contributed by atoms with Gasteiger partial charge in [0.25, 0.3) is 0 Å². The maximum atomic E-state index is 12.2. The van der Waals surface area contributed by atoms with Gasteiger partial charge in [-0.15, -0.1) is 11.6 Å². The summed E-state index contributed by atoms with van der Waals surface area (Å²) in [5.74, 6) is 1.01. The summed E-state index contributed by atoms with van der Waals surface area (Å²) in [5.41, 5.74) is 0.637. The molecule has 0 aliphatic heterocycles. The molecular formula is C13H21ClN2O2S. The average molecular weight is 305 g/mol. The van der Waals surface area contributed by atoms with Gasteiger partial charge in [0, 0.05) is 26.5 Å². The van der Waals surface area contributed by atoms with Crippen LogP contribution in [0.1, 0.15) is 13.3 Å². The zero-order chi connectivity index (χ0) is 14.5. The van der Waals surface area contributed by atoms with Gasteiger partial charge < -0.3 is 5.32 Å². The molecule has 0 amide bonds. The second-order valence-corrected chi connectivity index (χ2v) is 7.25. The minimum Gasteiger partial charge on any atom is -0.384 e. The first-order valence-electron chi connectivity index (χ1n) is 6.21. The van der Waals surface area contributed by atoms with Crippen LogP contribution in [0.4, 0.5) is 5.69 Å². The number of nitrogens with zero attached hydrogens (tertiary/aromatic N) is 1. The molecule has 0 radical (unpaired) electrons. The number of rotatable bonds is 7. The fourth-order valence-corrected chi connectivity index (χ4v) is 3.04. The van der Waals surface area contributed by atoms with Gasteiger partial charge in [0.1, 0.15) is 4.90 Å². The van der Waals surface area contributed by atoms with E-state index in [1.165, 1.54) is 18.4 Å². The molecule has 0 heterocycles. The maximum absolute atomic E-state index is 12.2. The summed E-state index contributed by atoms with van der Waals surface area (Å²) in [7, 11) is -0.363. The molecule has 4 nitrogen and oxygen atoms in total. The Labute approximate surface area is 120 Å². The number of alkyl halides is 1. The Bertz CT molecular complexity index is 503. The molecule has 0 aliphatic carbocycles. The Morgan fingerprint density at radius 2 is 1.95 bits per heavy atom. The van der Waals surface area contributed by atoms with E-state index in [1.807, 2.05) is 6.07 Å². The Balaban J connectivity index is 2.91. The lowest BCUT2D eigenvalue weighted by molar-refractivity contribution is 0.520. The van der Waals surface area contributed by atoms with Crippen LogP contribution in [-0.4, -0.2) is 39.2 Å². The standard InChI is InChI=1S/C13H21ClN2O2S/c1-11(8-9-14)10-15-12-6-4-5-7-13(12)19(17,18)16(2)3/h4-7,11,15H,8-10H2,1-3H3. The molecule has 1 atom stereocenters. The number of anilines is 1. The van der Waals surface area contributed by atoms with Gasteiger partial charge in [0.2, 0.25) is 10.0 Å². The summed E-state index contributed by atoms with van der Waals surface area (Å²) in [6.07, 6.45) is 0.900. The second-order valence-electron chi connectivity index (χ2n) is 4.75. The highest BCUT2D eigenvalue weighted by Crippen LogP contribution is 2.23. The Morgan fingerprint density at radius 1 is 1.32 bits per heavy atom. The van der Waals surface area contributed by atoms with Crippen molar-refractivity contribution in [3.8, 4) is 0 Å². The van der Waals surface area contributed by atoms with E-state index in [9.17, 15) is 8.42 Å². The summed E-state index contributed by atoms with van der Waals surface area (Å²) < 4.78 is 25.6. The minimum atomic E-state index is -3.42. The number of hydrogen-bond donors (Lipinski definition) is 1. The molecule has 0 spiro atoms. The van der Waals surface area contributed by atoms with Gasteiger partial charge in [0.05, 0.1) is 5.69 Å². The highest BCUT2D eigenvalue weighted by atomic mass is 35.5. The molecule has 0 saturated heterocycles. The van der Waals surface area contributed by atoms with E-state index in [-0.39, 0.29) is 0 Å². The van der Waals surface area contributed by atoms with Gasteiger partial charge in [-0.1, -0.05) is 19.1 Å². The van der Waals surface area contributed by atoms with Gasteiger partial charge in [0.15, 0.2) is 0 Å². The third-order valence-electron chi connectivity index (χ3n) is 2.89. The van der Waals surface area contributed by atoms with E-state index in [1.54, 1.807) is 18.2 Å². The number of para-hydroxylation sites is 1. The summed E-state index contributed by atoms with van der Waals surface area (Å²) in [6.45, 7) is 2.78. The number of benzene rings is 1.